The molecule has 0 aliphatic carbocycles. The molecule has 2 rings (SSSR count). The van der Waals surface area contributed by atoms with Crippen LogP contribution < -0.4 is 0 Å². The van der Waals surface area contributed by atoms with E-state index < -0.39 is 83.7 Å². The molecule has 15 nitrogen and oxygen atoms in total. The quantitative estimate of drug-likeness (QED) is 0.182. The van der Waals surface area contributed by atoms with Crippen molar-refractivity contribution in [3.8, 4) is 0 Å². The van der Waals surface area contributed by atoms with Crippen molar-refractivity contribution in [1.82, 2.24) is 0 Å². The highest BCUT2D eigenvalue weighted by molar-refractivity contribution is 6.46. The maximum Gasteiger partial charge on any atom is 0.668 e. The first-order chi connectivity index (χ1) is 12.8. The predicted molar refractivity (Wildman–Crippen MR) is 83.2 cm³/mol. The van der Waals surface area contributed by atoms with E-state index in [2.05, 4.69) is 0 Å². The molecule has 0 radical (unpaired) electrons. The molecule has 28 heavy (non-hydrogen) atoms. The average molecular weight is 438 g/mol. The summed E-state index contributed by atoms with van der Waals surface area (Å²) in [6, 6.07) is 0. The zero-order valence-electron chi connectivity index (χ0n) is 14.3. The molecule has 0 bridgehead atoms. The van der Waals surface area contributed by atoms with E-state index >= 15 is 0 Å². The Morgan fingerprint density at radius 1 is 0.643 bits per heavy atom. The molecule has 2 aliphatic rings. The number of hydrogen-bond acceptors (Lipinski definition) is 15. The molecule has 0 saturated carbocycles. The molecule has 2 fully saturated rings. The third kappa shape index (κ3) is 6.85. The van der Waals surface area contributed by atoms with Gasteiger partial charge in [-0.15, -0.1) is 0 Å². The molecular formula is C12H26O15Si. The van der Waals surface area contributed by atoms with Crippen LogP contribution in [0.25, 0.3) is 0 Å². The summed E-state index contributed by atoms with van der Waals surface area (Å²) in [7, 11) is -4.61. The van der Waals surface area contributed by atoms with Gasteiger partial charge in [0.05, 0.1) is 13.2 Å². The van der Waals surface area contributed by atoms with Gasteiger partial charge in [-0.2, -0.15) is 0 Å². The number of hydrogen-bond donors (Lipinski definition) is 12. The Hall–Kier alpha value is -0.383. The molecular weight excluding hydrogens is 412 g/mol. The van der Waals surface area contributed by atoms with Gasteiger partial charge in [-0.25, -0.2) is 0 Å². The van der Waals surface area contributed by atoms with Crippen LogP contribution in [0.4, 0.5) is 0 Å². The fourth-order valence-corrected chi connectivity index (χ4v) is 2.57. The summed E-state index contributed by atoms with van der Waals surface area (Å²) in [5.41, 5.74) is 0. The van der Waals surface area contributed by atoms with Gasteiger partial charge in [-0.3, -0.25) is 0 Å². The Balaban J connectivity index is 0.000000696. The summed E-state index contributed by atoms with van der Waals surface area (Å²) in [5, 5.41) is 76.5. The molecule has 0 aromatic carbocycles. The lowest BCUT2D eigenvalue weighted by Gasteiger charge is -2.45. The highest BCUT2D eigenvalue weighted by atomic mass is 28.4. The molecule has 0 amide bonds. The van der Waals surface area contributed by atoms with Crippen molar-refractivity contribution in [2.45, 2.75) is 61.4 Å². The molecule has 2 aliphatic heterocycles. The Bertz CT molecular complexity index is 453. The SMILES string of the molecule is OC[C@H]1O[C@@H](O[C@H]2[C@H](O)[C@@H](O)C(O)O[C@@H]2CO)[C@H](O)[C@@H](O)[C@H]1O.O[Si](O)(O)O. The Kier molecular flexibility index (Phi) is 9.70. The maximum atomic E-state index is 9.94. The minimum Gasteiger partial charge on any atom is -0.394 e. The van der Waals surface area contributed by atoms with Crippen LogP contribution in [-0.2, 0) is 14.2 Å². The fraction of sp³-hybridized carbons (Fsp3) is 1.00. The van der Waals surface area contributed by atoms with Crippen molar-refractivity contribution in [1.29, 1.82) is 0 Å². The summed E-state index contributed by atoms with van der Waals surface area (Å²) in [5.74, 6) is 0. The second-order valence-electron chi connectivity index (χ2n) is 6.13. The molecule has 12 N–H and O–H groups in total. The molecule has 0 spiro atoms. The van der Waals surface area contributed by atoms with Gasteiger partial charge in [0.2, 0.25) is 0 Å². The van der Waals surface area contributed by atoms with Crippen molar-refractivity contribution in [2.24, 2.45) is 0 Å². The molecule has 2 saturated heterocycles. The lowest BCUT2D eigenvalue weighted by atomic mass is 9.97. The highest BCUT2D eigenvalue weighted by Gasteiger charge is 2.50. The molecule has 0 aromatic heterocycles. The number of ether oxygens (including phenoxy) is 3. The maximum absolute atomic E-state index is 9.94. The van der Waals surface area contributed by atoms with E-state index in [-0.39, 0.29) is 0 Å². The van der Waals surface area contributed by atoms with Gasteiger partial charge >= 0.3 is 9.05 Å². The number of aliphatic hydroxyl groups excluding tert-OH is 8. The van der Waals surface area contributed by atoms with Crippen LogP contribution >= 0.6 is 0 Å². The van der Waals surface area contributed by atoms with Gasteiger partial charge < -0.3 is 74.2 Å². The first kappa shape index (κ1) is 25.7. The Morgan fingerprint density at radius 3 is 1.61 bits per heavy atom. The van der Waals surface area contributed by atoms with Crippen molar-refractivity contribution in [3.63, 3.8) is 0 Å². The standard InChI is InChI=1S/C12H22O11.H4O4Si/c13-1-3-5(15)6(16)9(19)12(22-3)23-10-4(2-14)21-11(20)8(18)7(10)17;1-5(2,3)4/h3-20H,1-2H2;1-4H/t3-,4-,5+,6+,7-,8-,9-,10-,11?,12+;/m1./s1. The van der Waals surface area contributed by atoms with Crippen molar-refractivity contribution < 1.29 is 74.2 Å². The molecule has 0 aromatic rings. The Labute approximate surface area is 158 Å². The third-order valence-electron chi connectivity index (χ3n) is 3.98. The van der Waals surface area contributed by atoms with Gasteiger partial charge in [0.15, 0.2) is 12.6 Å². The van der Waals surface area contributed by atoms with Gasteiger partial charge in [0, 0.05) is 0 Å². The topological polar surface area (TPSA) is 270 Å². The zero-order valence-corrected chi connectivity index (χ0v) is 15.3. The van der Waals surface area contributed by atoms with Gasteiger partial charge in [0.25, 0.3) is 0 Å². The van der Waals surface area contributed by atoms with E-state index in [0.29, 0.717) is 0 Å². The zero-order chi connectivity index (χ0) is 21.8. The van der Waals surface area contributed by atoms with Gasteiger partial charge in [-0.1, -0.05) is 0 Å². The van der Waals surface area contributed by atoms with Crippen molar-refractivity contribution in [2.75, 3.05) is 13.2 Å². The van der Waals surface area contributed by atoms with Crippen LogP contribution in [0.3, 0.4) is 0 Å². The first-order valence-electron chi connectivity index (χ1n) is 7.97. The lowest BCUT2D eigenvalue weighted by Crippen LogP contribution is -2.64. The summed E-state index contributed by atoms with van der Waals surface area (Å²) in [6.45, 7) is -1.35. The third-order valence-corrected chi connectivity index (χ3v) is 3.98. The first-order valence-corrected chi connectivity index (χ1v) is 9.76. The summed E-state index contributed by atoms with van der Waals surface area (Å²) in [4.78, 5) is 29.3. The largest absolute Gasteiger partial charge is 0.668 e. The highest BCUT2D eigenvalue weighted by Crippen LogP contribution is 2.28. The van der Waals surface area contributed by atoms with Crippen molar-refractivity contribution in [3.05, 3.63) is 0 Å². The fourth-order valence-electron chi connectivity index (χ4n) is 2.57. The van der Waals surface area contributed by atoms with E-state index in [0.717, 1.165) is 0 Å². The van der Waals surface area contributed by atoms with Gasteiger partial charge in [-0.05, 0) is 0 Å². The minimum atomic E-state index is -4.61. The Morgan fingerprint density at radius 2 is 1.14 bits per heavy atom. The van der Waals surface area contributed by atoms with E-state index in [1.807, 2.05) is 0 Å². The molecule has 1 unspecified atom stereocenters. The van der Waals surface area contributed by atoms with Crippen LogP contribution in [0.15, 0.2) is 0 Å². The monoisotopic (exact) mass is 438 g/mol. The van der Waals surface area contributed by atoms with Crippen LogP contribution in [0.2, 0.25) is 0 Å². The number of rotatable bonds is 4. The van der Waals surface area contributed by atoms with E-state index in [1.54, 1.807) is 0 Å². The summed E-state index contributed by atoms with van der Waals surface area (Å²) in [6.07, 6.45) is -15.6. The second kappa shape index (κ2) is 10.6. The summed E-state index contributed by atoms with van der Waals surface area (Å²) >= 11 is 0. The molecule has 16 heteroatoms. The van der Waals surface area contributed by atoms with E-state index in [1.165, 1.54) is 0 Å². The van der Waals surface area contributed by atoms with Crippen molar-refractivity contribution >= 4 is 9.05 Å². The smallest absolute Gasteiger partial charge is 0.394 e. The van der Waals surface area contributed by atoms with Crippen LogP contribution in [0.1, 0.15) is 0 Å². The van der Waals surface area contributed by atoms with Crippen LogP contribution in [0.5, 0.6) is 0 Å². The second-order valence-corrected chi connectivity index (χ2v) is 7.33. The van der Waals surface area contributed by atoms with Crippen LogP contribution in [-0.4, -0.2) is 144 Å². The van der Waals surface area contributed by atoms with E-state index in [4.69, 9.17) is 38.5 Å². The average Bonchev–Trinajstić information content (AvgIpc) is 2.60. The lowest BCUT2D eigenvalue weighted by molar-refractivity contribution is -0.355. The minimum absolute atomic E-state index is 0.667. The predicted octanol–water partition coefficient (Wildman–Crippen LogP) is -8.01. The number of aliphatic hydroxyl groups is 8. The normalized spacial score (nSPS) is 44.6. The molecule has 10 atom stereocenters. The summed E-state index contributed by atoms with van der Waals surface area (Å²) < 4.78 is 15.3. The van der Waals surface area contributed by atoms with Gasteiger partial charge in [0.1, 0.15) is 48.8 Å². The van der Waals surface area contributed by atoms with E-state index in [9.17, 15) is 35.7 Å². The van der Waals surface area contributed by atoms with Crippen LogP contribution in [0, 0.1) is 0 Å². The molecule has 168 valence electrons. The molecule has 2 heterocycles.